The normalized spacial score (nSPS) is 27.0. The zero-order valence-electron chi connectivity index (χ0n) is 13.3. The Morgan fingerprint density at radius 3 is 2.64 bits per heavy atom. The third-order valence-electron chi connectivity index (χ3n) is 5.16. The largest absolute Gasteiger partial charge is 0.497 e. The Hall–Kier alpha value is -1.84. The van der Waals surface area contributed by atoms with Crippen LogP contribution >= 0.6 is 0 Å². The average molecular weight is 300 g/mol. The Morgan fingerprint density at radius 2 is 2.05 bits per heavy atom. The van der Waals surface area contributed by atoms with E-state index in [0.717, 1.165) is 28.9 Å². The molecule has 2 aliphatic carbocycles. The molecular formula is C18H24N2O2. The van der Waals surface area contributed by atoms with Crippen molar-refractivity contribution < 1.29 is 9.53 Å². The van der Waals surface area contributed by atoms with Crippen molar-refractivity contribution in [2.45, 2.75) is 39.0 Å². The van der Waals surface area contributed by atoms with Gasteiger partial charge in [-0.3, -0.25) is 4.79 Å². The monoisotopic (exact) mass is 300 g/mol. The molecule has 2 saturated carbocycles. The minimum absolute atomic E-state index is 0.0623. The Morgan fingerprint density at radius 1 is 1.27 bits per heavy atom. The smallest absolute Gasteiger partial charge is 0.244 e. The Balaban J connectivity index is 1.51. The van der Waals surface area contributed by atoms with Crippen molar-refractivity contribution >= 4 is 11.6 Å². The van der Waals surface area contributed by atoms with Crippen LogP contribution in [0.25, 0.3) is 0 Å². The number of hydrazone groups is 1. The molecule has 1 N–H and O–H groups in total. The molecule has 0 aromatic heterocycles. The summed E-state index contributed by atoms with van der Waals surface area (Å²) in [5.41, 5.74) is 4.77. The predicted octanol–water partition coefficient (Wildman–Crippen LogP) is 3.17. The van der Waals surface area contributed by atoms with E-state index in [1.807, 2.05) is 24.3 Å². The topological polar surface area (TPSA) is 50.7 Å². The summed E-state index contributed by atoms with van der Waals surface area (Å²) < 4.78 is 5.11. The van der Waals surface area contributed by atoms with Crippen molar-refractivity contribution in [2.24, 2.45) is 22.9 Å². The molecule has 2 bridgehead atoms. The number of rotatable bonds is 5. The van der Waals surface area contributed by atoms with Crippen LogP contribution < -0.4 is 10.2 Å². The van der Waals surface area contributed by atoms with Crippen LogP contribution in [0.3, 0.4) is 0 Å². The van der Waals surface area contributed by atoms with E-state index in [1.165, 1.54) is 25.7 Å². The number of nitrogens with one attached hydrogen (secondary N) is 1. The summed E-state index contributed by atoms with van der Waals surface area (Å²) in [5, 5.41) is 4.35. The van der Waals surface area contributed by atoms with E-state index >= 15 is 0 Å². The SMILES string of the molecule is COc1ccc(CC(=O)N/N=C(/C)[C@H]2C[C@@H]3CC[C@@H]2C3)cc1. The number of amides is 1. The Bertz CT molecular complexity index is 565. The van der Waals surface area contributed by atoms with Crippen LogP contribution in [0.15, 0.2) is 29.4 Å². The fraction of sp³-hybridized carbons (Fsp3) is 0.556. The number of carbonyl (C=O) groups excluding carboxylic acids is 1. The molecule has 1 aromatic rings. The molecule has 0 unspecified atom stereocenters. The summed E-state index contributed by atoms with van der Waals surface area (Å²) >= 11 is 0. The Kier molecular flexibility index (Phi) is 4.46. The molecule has 22 heavy (non-hydrogen) atoms. The van der Waals surface area contributed by atoms with Crippen LogP contribution in [0.5, 0.6) is 5.75 Å². The number of fused-ring (bicyclic) bond motifs is 2. The maximum atomic E-state index is 12.0. The average Bonchev–Trinajstić information content (AvgIpc) is 3.16. The van der Waals surface area contributed by atoms with Gasteiger partial charge in [-0.05, 0) is 55.7 Å². The first-order valence-corrected chi connectivity index (χ1v) is 8.11. The molecule has 4 heteroatoms. The molecule has 0 heterocycles. The zero-order chi connectivity index (χ0) is 15.5. The molecule has 3 rings (SSSR count). The second-order valence-corrected chi connectivity index (χ2v) is 6.59. The van der Waals surface area contributed by atoms with E-state index < -0.39 is 0 Å². The first kappa shape index (κ1) is 15.1. The van der Waals surface area contributed by atoms with E-state index in [0.29, 0.717) is 12.3 Å². The van der Waals surface area contributed by atoms with Crippen molar-refractivity contribution in [1.82, 2.24) is 5.43 Å². The summed E-state index contributed by atoms with van der Waals surface area (Å²) in [4.78, 5) is 12.0. The van der Waals surface area contributed by atoms with E-state index in [1.54, 1.807) is 7.11 Å². The lowest BCUT2D eigenvalue weighted by atomic mass is 9.86. The molecule has 2 fully saturated rings. The lowest BCUT2D eigenvalue weighted by Crippen LogP contribution is -2.25. The number of hydrogen-bond acceptors (Lipinski definition) is 3. The van der Waals surface area contributed by atoms with Gasteiger partial charge in [0.25, 0.3) is 0 Å². The number of benzene rings is 1. The molecule has 0 radical (unpaired) electrons. The highest BCUT2D eigenvalue weighted by Gasteiger charge is 2.40. The molecule has 3 atom stereocenters. The minimum atomic E-state index is -0.0623. The predicted molar refractivity (Wildman–Crippen MR) is 86.9 cm³/mol. The molecule has 1 amide bonds. The number of carbonyl (C=O) groups is 1. The molecule has 1 aromatic carbocycles. The maximum Gasteiger partial charge on any atom is 0.244 e. The molecule has 118 valence electrons. The van der Waals surface area contributed by atoms with Gasteiger partial charge in [-0.25, -0.2) is 5.43 Å². The number of nitrogens with zero attached hydrogens (tertiary/aromatic N) is 1. The standard InChI is InChI=1S/C18H24N2O2/c1-12(17-10-14-3-6-15(17)9-14)19-20-18(21)11-13-4-7-16(22-2)8-5-13/h4-5,7-8,14-15,17H,3,6,9-11H2,1-2H3,(H,20,21)/b19-12-/t14-,15-,17-/m1/s1. The summed E-state index contributed by atoms with van der Waals surface area (Å²) in [6.45, 7) is 2.05. The number of hydrogen-bond donors (Lipinski definition) is 1. The highest BCUT2D eigenvalue weighted by Crippen LogP contribution is 2.48. The maximum absolute atomic E-state index is 12.0. The molecular weight excluding hydrogens is 276 g/mol. The quantitative estimate of drug-likeness (QED) is 0.671. The molecule has 0 aliphatic heterocycles. The van der Waals surface area contributed by atoms with Crippen LogP contribution in [0, 0.1) is 17.8 Å². The lowest BCUT2D eigenvalue weighted by molar-refractivity contribution is -0.120. The van der Waals surface area contributed by atoms with Gasteiger partial charge < -0.3 is 4.74 Å². The second kappa shape index (κ2) is 6.51. The van der Waals surface area contributed by atoms with Crippen molar-refractivity contribution in [3.63, 3.8) is 0 Å². The van der Waals surface area contributed by atoms with Gasteiger partial charge in [0.1, 0.15) is 5.75 Å². The summed E-state index contributed by atoms with van der Waals surface area (Å²) in [5.74, 6) is 3.02. The molecule has 4 nitrogen and oxygen atoms in total. The van der Waals surface area contributed by atoms with Crippen LogP contribution in [0.2, 0.25) is 0 Å². The van der Waals surface area contributed by atoms with Gasteiger partial charge in [0.05, 0.1) is 13.5 Å². The fourth-order valence-electron chi connectivity index (χ4n) is 3.96. The van der Waals surface area contributed by atoms with Gasteiger partial charge in [0.2, 0.25) is 5.91 Å². The van der Waals surface area contributed by atoms with Crippen LogP contribution in [0.1, 0.15) is 38.2 Å². The third-order valence-corrected chi connectivity index (χ3v) is 5.16. The molecule has 2 aliphatic rings. The fourth-order valence-corrected chi connectivity index (χ4v) is 3.96. The van der Waals surface area contributed by atoms with Crippen LogP contribution in [-0.2, 0) is 11.2 Å². The zero-order valence-corrected chi connectivity index (χ0v) is 13.3. The van der Waals surface area contributed by atoms with Crippen LogP contribution in [0.4, 0.5) is 0 Å². The number of ether oxygens (including phenoxy) is 1. The van der Waals surface area contributed by atoms with E-state index in [-0.39, 0.29) is 5.91 Å². The summed E-state index contributed by atoms with van der Waals surface area (Å²) in [6, 6.07) is 7.55. The summed E-state index contributed by atoms with van der Waals surface area (Å²) in [6.07, 6.45) is 5.68. The van der Waals surface area contributed by atoms with Gasteiger partial charge >= 0.3 is 0 Å². The second-order valence-electron chi connectivity index (χ2n) is 6.59. The van der Waals surface area contributed by atoms with Gasteiger partial charge in [-0.15, -0.1) is 0 Å². The summed E-state index contributed by atoms with van der Waals surface area (Å²) in [7, 11) is 1.63. The van der Waals surface area contributed by atoms with Crippen molar-refractivity contribution in [3.05, 3.63) is 29.8 Å². The van der Waals surface area contributed by atoms with Gasteiger partial charge in [-0.2, -0.15) is 5.10 Å². The highest BCUT2D eigenvalue weighted by molar-refractivity contribution is 5.87. The van der Waals surface area contributed by atoms with E-state index in [2.05, 4.69) is 17.5 Å². The Labute approximate surface area is 131 Å². The van der Waals surface area contributed by atoms with Crippen LogP contribution in [-0.4, -0.2) is 18.7 Å². The van der Waals surface area contributed by atoms with E-state index in [4.69, 9.17) is 4.74 Å². The minimum Gasteiger partial charge on any atom is -0.497 e. The highest BCUT2D eigenvalue weighted by atomic mass is 16.5. The molecule has 0 saturated heterocycles. The van der Waals surface area contributed by atoms with Gasteiger partial charge in [-0.1, -0.05) is 18.6 Å². The third kappa shape index (κ3) is 3.32. The van der Waals surface area contributed by atoms with Gasteiger partial charge in [0, 0.05) is 11.6 Å². The molecule has 0 spiro atoms. The lowest BCUT2D eigenvalue weighted by Gasteiger charge is -2.21. The first-order chi connectivity index (χ1) is 10.7. The van der Waals surface area contributed by atoms with Crippen molar-refractivity contribution in [3.8, 4) is 5.75 Å². The van der Waals surface area contributed by atoms with Gasteiger partial charge in [0.15, 0.2) is 0 Å². The van der Waals surface area contributed by atoms with Crippen molar-refractivity contribution in [1.29, 1.82) is 0 Å². The first-order valence-electron chi connectivity index (χ1n) is 8.11. The number of methoxy groups -OCH3 is 1. The van der Waals surface area contributed by atoms with E-state index in [9.17, 15) is 4.79 Å². The van der Waals surface area contributed by atoms with Crippen molar-refractivity contribution in [2.75, 3.05) is 7.11 Å².